The number of nitriles is 1. The summed E-state index contributed by atoms with van der Waals surface area (Å²) in [5.41, 5.74) is 0.606. The molecule has 8 nitrogen and oxygen atoms in total. The highest BCUT2D eigenvalue weighted by molar-refractivity contribution is 6.11. The summed E-state index contributed by atoms with van der Waals surface area (Å²) in [4.78, 5) is 25.1. The summed E-state index contributed by atoms with van der Waals surface area (Å²) < 4.78 is 5.17. The van der Waals surface area contributed by atoms with Crippen LogP contribution in [0, 0.1) is 11.3 Å². The summed E-state index contributed by atoms with van der Waals surface area (Å²) in [5.74, 6) is 0.331. The molecule has 0 saturated carbocycles. The lowest BCUT2D eigenvalue weighted by Crippen LogP contribution is -2.27. The fourth-order valence-electron chi connectivity index (χ4n) is 1.84. The highest BCUT2D eigenvalue weighted by atomic mass is 16.6. The number of nitrogens with zero attached hydrogens (tertiary/aromatic N) is 4. The third-order valence-electron chi connectivity index (χ3n) is 2.84. The van der Waals surface area contributed by atoms with Gasteiger partial charge in [-0.2, -0.15) is 5.26 Å². The summed E-state index contributed by atoms with van der Waals surface area (Å²) in [7, 11) is 0. The van der Waals surface area contributed by atoms with Crippen LogP contribution in [0.3, 0.4) is 0 Å². The Hall–Kier alpha value is -3.47. The van der Waals surface area contributed by atoms with Crippen LogP contribution in [0.5, 0.6) is 0 Å². The van der Waals surface area contributed by atoms with Crippen molar-refractivity contribution in [1.29, 1.82) is 5.26 Å². The van der Waals surface area contributed by atoms with Crippen LogP contribution in [0.25, 0.3) is 0 Å². The van der Waals surface area contributed by atoms with Crippen molar-refractivity contribution in [3.05, 3.63) is 54.0 Å². The first-order valence-electron chi connectivity index (χ1n) is 7.84. The van der Waals surface area contributed by atoms with Crippen LogP contribution < -0.4 is 5.32 Å². The van der Waals surface area contributed by atoms with E-state index in [-0.39, 0.29) is 12.3 Å². The Morgan fingerprint density at radius 3 is 2.77 bits per heavy atom. The third-order valence-corrected chi connectivity index (χ3v) is 2.84. The van der Waals surface area contributed by atoms with E-state index in [4.69, 9.17) is 14.8 Å². The number of carbonyl (C=O) groups excluding carboxylic acids is 1. The van der Waals surface area contributed by atoms with Gasteiger partial charge in [-0.3, -0.25) is 10.3 Å². The van der Waals surface area contributed by atoms with Gasteiger partial charge in [0.05, 0.1) is 5.69 Å². The molecule has 0 aliphatic carbocycles. The van der Waals surface area contributed by atoms with Crippen molar-refractivity contribution in [2.24, 2.45) is 5.16 Å². The number of ether oxygens (including phenoxy) is 1. The summed E-state index contributed by atoms with van der Waals surface area (Å²) in [5, 5.41) is 15.5. The second-order valence-electron chi connectivity index (χ2n) is 6.21. The van der Waals surface area contributed by atoms with E-state index >= 15 is 0 Å². The molecule has 0 aliphatic rings. The monoisotopic (exact) mass is 353 g/mol. The number of hydrogen-bond acceptors (Lipinski definition) is 7. The summed E-state index contributed by atoms with van der Waals surface area (Å²) >= 11 is 0. The third kappa shape index (κ3) is 6.20. The van der Waals surface area contributed by atoms with E-state index in [1.54, 1.807) is 57.3 Å². The largest absolute Gasteiger partial charge is 0.444 e. The number of pyridine rings is 2. The number of oxime groups is 1. The Kier molecular flexibility index (Phi) is 6.22. The van der Waals surface area contributed by atoms with Gasteiger partial charge in [-0.25, -0.2) is 9.78 Å². The summed E-state index contributed by atoms with van der Waals surface area (Å²) in [6.45, 7) is 5.36. The number of anilines is 1. The number of aromatic nitrogens is 2. The maximum absolute atomic E-state index is 11.8. The van der Waals surface area contributed by atoms with Gasteiger partial charge in [0.2, 0.25) is 0 Å². The van der Waals surface area contributed by atoms with Crippen LogP contribution in [0.15, 0.2) is 47.9 Å². The smallest absolute Gasteiger partial charge is 0.413 e. The molecular weight excluding hydrogens is 334 g/mol. The van der Waals surface area contributed by atoms with E-state index in [1.807, 2.05) is 6.07 Å². The molecule has 0 aliphatic heterocycles. The minimum atomic E-state index is -0.598. The van der Waals surface area contributed by atoms with Crippen molar-refractivity contribution in [2.75, 3.05) is 5.32 Å². The summed E-state index contributed by atoms with van der Waals surface area (Å²) in [6.07, 6.45) is 2.53. The lowest BCUT2D eigenvalue weighted by molar-refractivity contribution is 0.0635. The molecular formula is C18H19N5O3. The normalized spacial score (nSPS) is 11.4. The molecule has 8 heteroatoms. The van der Waals surface area contributed by atoms with Gasteiger partial charge < -0.3 is 9.57 Å². The molecule has 0 saturated heterocycles. The number of rotatable bonds is 5. The Morgan fingerprint density at radius 2 is 2.12 bits per heavy atom. The Balaban J connectivity index is 1.97. The first-order valence-corrected chi connectivity index (χ1v) is 7.84. The molecule has 1 N–H and O–H groups in total. The average molecular weight is 353 g/mol. The highest BCUT2D eigenvalue weighted by Crippen LogP contribution is 2.11. The van der Waals surface area contributed by atoms with E-state index in [0.29, 0.717) is 17.1 Å². The molecule has 2 aromatic heterocycles. The zero-order valence-electron chi connectivity index (χ0n) is 14.8. The molecule has 26 heavy (non-hydrogen) atoms. The van der Waals surface area contributed by atoms with Crippen molar-refractivity contribution in [3.63, 3.8) is 0 Å². The molecule has 0 spiro atoms. The topological polar surface area (TPSA) is 109 Å². The number of hydrogen-bond donors (Lipinski definition) is 1. The molecule has 0 aromatic carbocycles. The van der Waals surface area contributed by atoms with Crippen molar-refractivity contribution in [1.82, 2.24) is 9.97 Å². The van der Waals surface area contributed by atoms with Crippen molar-refractivity contribution in [3.8, 4) is 6.07 Å². The van der Waals surface area contributed by atoms with Crippen LogP contribution >= 0.6 is 0 Å². The molecule has 1 amide bonds. The predicted octanol–water partition coefficient (Wildman–Crippen LogP) is 3.27. The van der Waals surface area contributed by atoms with E-state index in [0.717, 1.165) is 0 Å². The van der Waals surface area contributed by atoms with Crippen LogP contribution in [0.4, 0.5) is 10.6 Å². The van der Waals surface area contributed by atoms with Crippen LogP contribution in [0.2, 0.25) is 0 Å². The molecule has 0 fully saturated rings. The van der Waals surface area contributed by atoms with E-state index in [1.165, 1.54) is 6.20 Å². The summed E-state index contributed by atoms with van der Waals surface area (Å²) in [6, 6.07) is 10.4. The Labute approximate surface area is 151 Å². The van der Waals surface area contributed by atoms with Gasteiger partial charge in [-0.05, 0) is 45.0 Å². The molecule has 134 valence electrons. The predicted molar refractivity (Wildman–Crippen MR) is 95.3 cm³/mol. The first kappa shape index (κ1) is 18.9. The van der Waals surface area contributed by atoms with Crippen LogP contribution in [-0.2, 0) is 16.2 Å². The zero-order chi connectivity index (χ0) is 19.0. The van der Waals surface area contributed by atoms with Gasteiger partial charge in [0.25, 0.3) is 0 Å². The molecule has 0 unspecified atom stereocenters. The van der Waals surface area contributed by atoms with E-state index in [2.05, 4.69) is 20.4 Å². The van der Waals surface area contributed by atoms with Crippen molar-refractivity contribution in [2.45, 2.75) is 33.0 Å². The molecule has 2 rings (SSSR count). The minimum absolute atomic E-state index is 0.0370. The lowest BCUT2D eigenvalue weighted by atomic mass is 10.2. The highest BCUT2D eigenvalue weighted by Gasteiger charge is 2.16. The number of carbonyl (C=O) groups is 1. The zero-order valence-corrected chi connectivity index (χ0v) is 14.8. The number of nitrogens with one attached hydrogen (secondary N) is 1. The second-order valence-corrected chi connectivity index (χ2v) is 6.21. The first-order chi connectivity index (χ1) is 12.4. The second kappa shape index (κ2) is 8.58. The van der Waals surface area contributed by atoms with Gasteiger partial charge in [0.15, 0.2) is 12.3 Å². The van der Waals surface area contributed by atoms with Gasteiger partial charge in [0.1, 0.15) is 17.5 Å². The maximum Gasteiger partial charge on any atom is 0.413 e. The van der Waals surface area contributed by atoms with Crippen LogP contribution in [-0.4, -0.2) is 27.4 Å². The standard InChI is InChI=1S/C18H19N5O3/c1-18(2,3)26-17(24)22-16-8-4-7-14(21-16)12-25-23-15(10-19)13-6-5-9-20-11-13/h4-9,11H,12H2,1-3H3,(H,21,22,24). The average Bonchev–Trinajstić information content (AvgIpc) is 2.58. The van der Waals surface area contributed by atoms with Gasteiger partial charge >= 0.3 is 6.09 Å². The van der Waals surface area contributed by atoms with E-state index < -0.39 is 11.7 Å². The maximum atomic E-state index is 11.8. The van der Waals surface area contributed by atoms with Crippen molar-refractivity contribution < 1.29 is 14.4 Å². The fourth-order valence-corrected chi connectivity index (χ4v) is 1.84. The Morgan fingerprint density at radius 1 is 1.31 bits per heavy atom. The SMILES string of the molecule is CC(C)(C)OC(=O)Nc1cccc(CON=C(C#N)c2cccnc2)n1. The molecule has 0 atom stereocenters. The van der Waals surface area contributed by atoms with E-state index in [9.17, 15) is 4.79 Å². The lowest BCUT2D eigenvalue weighted by Gasteiger charge is -2.19. The molecule has 0 bridgehead atoms. The minimum Gasteiger partial charge on any atom is -0.444 e. The molecule has 2 aromatic rings. The molecule has 2 heterocycles. The van der Waals surface area contributed by atoms with Crippen LogP contribution in [0.1, 0.15) is 32.0 Å². The van der Waals surface area contributed by atoms with Gasteiger partial charge in [-0.15, -0.1) is 0 Å². The number of amides is 1. The Bertz CT molecular complexity index is 823. The fraction of sp³-hybridized carbons (Fsp3) is 0.278. The van der Waals surface area contributed by atoms with Gasteiger partial charge in [-0.1, -0.05) is 11.2 Å². The van der Waals surface area contributed by atoms with Gasteiger partial charge in [0, 0.05) is 18.0 Å². The molecule has 0 radical (unpaired) electrons. The van der Waals surface area contributed by atoms with Crippen molar-refractivity contribution >= 4 is 17.6 Å². The quantitative estimate of drug-likeness (QED) is 0.652.